The molecule has 118 valence electrons. The Morgan fingerprint density at radius 1 is 1.43 bits per heavy atom. The second-order valence-electron chi connectivity index (χ2n) is 5.85. The average molecular weight is 331 g/mol. The molecule has 5 heteroatoms. The topological polar surface area (TPSA) is 55.1 Å². The van der Waals surface area contributed by atoms with E-state index in [1.807, 2.05) is 31.2 Å². The van der Waals surface area contributed by atoms with Gasteiger partial charge in [0.2, 0.25) is 5.91 Å². The zero-order chi connectivity index (χ0) is 14.6. The van der Waals surface area contributed by atoms with Crippen molar-refractivity contribution in [1.82, 2.24) is 5.32 Å². The third-order valence-corrected chi connectivity index (χ3v) is 4.52. The predicted molar refractivity (Wildman–Crippen MR) is 90.1 cm³/mol. The molecule has 0 bridgehead atoms. The van der Waals surface area contributed by atoms with Crippen LogP contribution in [0, 0.1) is 5.92 Å². The van der Waals surface area contributed by atoms with Crippen molar-refractivity contribution in [1.29, 1.82) is 0 Å². The van der Waals surface area contributed by atoms with Crippen LogP contribution in [0.25, 0.3) is 0 Å². The Balaban J connectivity index is 0.00000220. The van der Waals surface area contributed by atoms with Gasteiger partial charge >= 0.3 is 0 Å². The van der Waals surface area contributed by atoms with Gasteiger partial charge in [0.1, 0.15) is 0 Å². The van der Waals surface area contributed by atoms with Gasteiger partial charge in [-0.3, -0.25) is 4.79 Å². The fourth-order valence-corrected chi connectivity index (χ4v) is 3.12. The van der Waals surface area contributed by atoms with Crippen molar-refractivity contribution >= 4 is 29.9 Å². The molecule has 1 aromatic rings. The fourth-order valence-electron chi connectivity index (χ4n) is 2.93. The number of rotatable bonds is 5. The Morgan fingerprint density at radius 2 is 2.10 bits per heavy atom. The summed E-state index contributed by atoms with van der Waals surface area (Å²) in [6.07, 6.45) is 3.98. The number of nitrogens with one attached hydrogen (secondary N) is 1. The molecule has 0 radical (unpaired) electrons. The minimum atomic E-state index is -0.404. The highest BCUT2D eigenvalue weighted by molar-refractivity contribution is 6.30. The average Bonchev–Trinajstić information content (AvgIpc) is 2.95. The largest absolute Gasteiger partial charge is 0.355 e. The Bertz CT molecular complexity index is 473. The fraction of sp³-hybridized carbons (Fsp3) is 0.562. The monoisotopic (exact) mass is 330 g/mol. The molecule has 1 aromatic carbocycles. The van der Waals surface area contributed by atoms with E-state index in [4.69, 9.17) is 17.3 Å². The molecule has 0 spiro atoms. The lowest BCUT2D eigenvalue weighted by molar-refractivity contribution is -0.126. The number of carbonyl (C=O) groups is 1. The van der Waals surface area contributed by atoms with Gasteiger partial charge in [-0.15, -0.1) is 12.4 Å². The van der Waals surface area contributed by atoms with E-state index in [-0.39, 0.29) is 18.3 Å². The van der Waals surface area contributed by atoms with E-state index in [1.165, 1.54) is 0 Å². The van der Waals surface area contributed by atoms with Crippen LogP contribution < -0.4 is 11.1 Å². The van der Waals surface area contributed by atoms with Crippen molar-refractivity contribution in [2.45, 2.75) is 38.0 Å². The van der Waals surface area contributed by atoms with E-state index in [9.17, 15) is 4.79 Å². The van der Waals surface area contributed by atoms with Crippen LogP contribution in [0.1, 0.15) is 38.2 Å². The number of nitrogens with two attached hydrogens (primary N) is 1. The summed E-state index contributed by atoms with van der Waals surface area (Å²) >= 11 is 6.09. The van der Waals surface area contributed by atoms with Gasteiger partial charge in [-0.2, -0.15) is 0 Å². The van der Waals surface area contributed by atoms with Crippen LogP contribution >= 0.6 is 24.0 Å². The third-order valence-electron chi connectivity index (χ3n) is 4.28. The van der Waals surface area contributed by atoms with Crippen LogP contribution in [0.2, 0.25) is 5.02 Å². The summed E-state index contributed by atoms with van der Waals surface area (Å²) in [4.78, 5) is 12.7. The number of halogens is 2. The maximum absolute atomic E-state index is 12.7. The Kier molecular flexibility index (Phi) is 6.98. The third kappa shape index (κ3) is 4.12. The summed E-state index contributed by atoms with van der Waals surface area (Å²) in [5.41, 5.74) is 6.25. The first-order chi connectivity index (χ1) is 9.58. The summed E-state index contributed by atoms with van der Waals surface area (Å²) in [7, 11) is 0. The molecular weight excluding hydrogens is 307 g/mol. The van der Waals surface area contributed by atoms with Crippen LogP contribution in [0.4, 0.5) is 0 Å². The van der Waals surface area contributed by atoms with Gasteiger partial charge in [-0.25, -0.2) is 0 Å². The second-order valence-corrected chi connectivity index (χ2v) is 6.29. The highest BCUT2D eigenvalue weighted by atomic mass is 35.5. The van der Waals surface area contributed by atoms with E-state index in [0.29, 0.717) is 24.0 Å². The van der Waals surface area contributed by atoms with E-state index in [2.05, 4.69) is 5.32 Å². The molecule has 3 nitrogen and oxygen atoms in total. The van der Waals surface area contributed by atoms with Gasteiger partial charge < -0.3 is 11.1 Å². The van der Waals surface area contributed by atoms with Gasteiger partial charge in [0.05, 0.1) is 5.41 Å². The normalized spacial score (nSPS) is 17.9. The van der Waals surface area contributed by atoms with Gasteiger partial charge in [-0.1, -0.05) is 43.5 Å². The zero-order valence-corrected chi connectivity index (χ0v) is 14.0. The van der Waals surface area contributed by atoms with Crippen molar-refractivity contribution in [3.05, 3.63) is 34.9 Å². The molecule has 2 rings (SSSR count). The lowest BCUT2D eigenvalue weighted by atomic mass is 9.78. The van der Waals surface area contributed by atoms with Crippen LogP contribution in [-0.4, -0.2) is 19.0 Å². The molecule has 21 heavy (non-hydrogen) atoms. The second kappa shape index (κ2) is 8.02. The first-order valence-electron chi connectivity index (χ1n) is 7.33. The summed E-state index contributed by atoms with van der Waals surface area (Å²) in [5.74, 6) is 0.425. The van der Waals surface area contributed by atoms with Gasteiger partial charge in [0.25, 0.3) is 0 Å². The number of carbonyl (C=O) groups excluding carboxylic acids is 1. The molecule has 0 aromatic heterocycles. The minimum absolute atomic E-state index is 0. The smallest absolute Gasteiger partial charge is 0.230 e. The number of hydrogen-bond acceptors (Lipinski definition) is 2. The molecule has 1 atom stereocenters. The van der Waals surface area contributed by atoms with Crippen molar-refractivity contribution in [2.75, 3.05) is 13.1 Å². The number of benzene rings is 1. The summed E-state index contributed by atoms with van der Waals surface area (Å²) < 4.78 is 0. The molecule has 1 amide bonds. The molecule has 1 aliphatic rings. The Labute approximate surface area is 138 Å². The molecule has 3 N–H and O–H groups in total. The highest BCUT2D eigenvalue weighted by Crippen LogP contribution is 2.42. The molecular formula is C16H24Cl2N2O. The molecule has 1 fully saturated rings. The maximum atomic E-state index is 12.7. The first-order valence-corrected chi connectivity index (χ1v) is 7.71. The Morgan fingerprint density at radius 3 is 2.67 bits per heavy atom. The lowest BCUT2D eigenvalue weighted by Crippen LogP contribution is -2.44. The maximum Gasteiger partial charge on any atom is 0.230 e. The number of amides is 1. The number of hydrogen-bond donors (Lipinski definition) is 2. The van der Waals surface area contributed by atoms with E-state index >= 15 is 0 Å². The molecule has 1 saturated carbocycles. The predicted octanol–water partition coefficient (Wildman–Crippen LogP) is 3.28. The van der Waals surface area contributed by atoms with E-state index in [1.54, 1.807) is 0 Å². The van der Waals surface area contributed by atoms with Crippen molar-refractivity contribution in [2.24, 2.45) is 11.7 Å². The first kappa shape index (κ1) is 18.3. The zero-order valence-electron chi connectivity index (χ0n) is 12.4. The van der Waals surface area contributed by atoms with Gasteiger partial charge in [0, 0.05) is 11.6 Å². The molecule has 1 unspecified atom stereocenters. The van der Waals surface area contributed by atoms with Crippen LogP contribution in [-0.2, 0) is 10.2 Å². The van der Waals surface area contributed by atoms with Gasteiger partial charge in [-0.05, 0) is 43.0 Å². The van der Waals surface area contributed by atoms with Crippen molar-refractivity contribution in [3.8, 4) is 0 Å². The Hall–Kier alpha value is -0.770. The standard InChI is InChI=1S/C16H23ClN2O.ClH/c1-12(10-18)11-19-15(20)16(7-2-3-8-16)13-5-4-6-14(17)9-13;/h4-6,9,12H,2-3,7-8,10-11,18H2,1H3,(H,19,20);1H. The van der Waals surface area contributed by atoms with E-state index in [0.717, 1.165) is 31.2 Å². The molecule has 0 saturated heterocycles. The van der Waals surface area contributed by atoms with Crippen LogP contribution in [0.15, 0.2) is 24.3 Å². The highest BCUT2D eigenvalue weighted by Gasteiger charge is 2.42. The SMILES string of the molecule is CC(CN)CNC(=O)C1(c2cccc(Cl)c2)CCCC1.Cl. The van der Waals surface area contributed by atoms with Crippen LogP contribution in [0.3, 0.4) is 0 Å². The summed E-state index contributed by atoms with van der Waals surface area (Å²) in [6.45, 7) is 3.27. The quantitative estimate of drug-likeness (QED) is 0.870. The van der Waals surface area contributed by atoms with Crippen LogP contribution in [0.5, 0.6) is 0 Å². The molecule has 1 aliphatic carbocycles. The van der Waals surface area contributed by atoms with Crippen molar-refractivity contribution < 1.29 is 4.79 Å². The van der Waals surface area contributed by atoms with E-state index < -0.39 is 5.41 Å². The van der Waals surface area contributed by atoms with Crippen molar-refractivity contribution in [3.63, 3.8) is 0 Å². The summed E-state index contributed by atoms with van der Waals surface area (Å²) in [5, 5.41) is 3.76. The minimum Gasteiger partial charge on any atom is -0.355 e. The molecule has 0 heterocycles. The molecule has 0 aliphatic heterocycles. The lowest BCUT2D eigenvalue weighted by Gasteiger charge is -2.29. The summed E-state index contributed by atoms with van der Waals surface area (Å²) in [6, 6.07) is 7.72. The van der Waals surface area contributed by atoms with Gasteiger partial charge in [0.15, 0.2) is 0 Å².